The van der Waals surface area contributed by atoms with Crippen molar-refractivity contribution >= 4 is 71.6 Å². The third kappa shape index (κ3) is 4.42. The number of anilines is 3. The second-order valence-corrected chi connectivity index (χ2v) is 12.5. The lowest BCUT2D eigenvalue weighted by atomic mass is 10.0. The Balaban J connectivity index is 1.22. The zero-order chi connectivity index (χ0) is 32.3. The van der Waals surface area contributed by atoms with Gasteiger partial charge in [-0.2, -0.15) is 0 Å². The molecule has 0 aliphatic carbocycles. The van der Waals surface area contributed by atoms with Crippen molar-refractivity contribution < 1.29 is 4.42 Å². The fourth-order valence-corrected chi connectivity index (χ4v) is 7.34. The van der Waals surface area contributed by atoms with Crippen LogP contribution < -0.4 is 4.90 Å². The summed E-state index contributed by atoms with van der Waals surface area (Å²) in [5.41, 5.74) is 10.4. The Morgan fingerprint density at radius 2 is 1.12 bits per heavy atom. The van der Waals surface area contributed by atoms with Crippen molar-refractivity contribution in [2.75, 3.05) is 4.90 Å². The van der Waals surface area contributed by atoms with E-state index in [2.05, 4.69) is 173 Å². The minimum absolute atomic E-state index is 0.805. The molecule has 49 heavy (non-hydrogen) atoms. The first-order chi connectivity index (χ1) is 24.3. The van der Waals surface area contributed by atoms with Crippen molar-refractivity contribution in [1.29, 1.82) is 0 Å². The topological polar surface area (TPSA) is 34.2 Å². The van der Waals surface area contributed by atoms with Crippen LogP contribution in [-0.4, -0.2) is 9.55 Å². The molecule has 0 N–H and O–H groups in total. The van der Waals surface area contributed by atoms with Crippen LogP contribution in [0.4, 0.5) is 17.1 Å². The zero-order valence-electron chi connectivity index (χ0n) is 26.5. The number of fused-ring (bicyclic) bond motifs is 7. The maximum atomic E-state index is 6.74. The van der Waals surface area contributed by atoms with Gasteiger partial charge in [-0.3, -0.25) is 4.98 Å². The monoisotopic (exact) mass is 627 g/mol. The lowest BCUT2D eigenvalue weighted by Crippen LogP contribution is -2.10. The number of aromatic nitrogens is 2. The molecule has 0 radical (unpaired) electrons. The number of benzene rings is 7. The summed E-state index contributed by atoms with van der Waals surface area (Å²) in [5, 5.41) is 6.76. The van der Waals surface area contributed by atoms with Crippen molar-refractivity contribution in [1.82, 2.24) is 9.55 Å². The second kappa shape index (κ2) is 11.0. The molecule has 0 atom stereocenters. The molecule has 10 aromatic rings. The van der Waals surface area contributed by atoms with Crippen LogP contribution in [0.3, 0.4) is 0 Å². The van der Waals surface area contributed by atoms with E-state index >= 15 is 0 Å². The van der Waals surface area contributed by atoms with Gasteiger partial charge in [-0.25, -0.2) is 0 Å². The van der Waals surface area contributed by atoms with Crippen LogP contribution >= 0.6 is 0 Å². The van der Waals surface area contributed by atoms with Gasteiger partial charge in [-0.05, 0) is 82.6 Å². The van der Waals surface area contributed by atoms with Crippen LogP contribution in [0.5, 0.6) is 0 Å². The average molecular weight is 628 g/mol. The fraction of sp³-hybridized carbons (Fsp3) is 0. The highest BCUT2D eigenvalue weighted by Crippen LogP contribution is 2.44. The Morgan fingerprint density at radius 1 is 0.469 bits per heavy atom. The molecule has 0 spiro atoms. The van der Waals surface area contributed by atoms with Crippen LogP contribution in [-0.2, 0) is 0 Å². The predicted octanol–water partition coefficient (Wildman–Crippen LogP) is 12.4. The van der Waals surface area contributed by atoms with Gasteiger partial charge in [-0.15, -0.1) is 0 Å². The second-order valence-electron chi connectivity index (χ2n) is 12.5. The first kappa shape index (κ1) is 27.5. The van der Waals surface area contributed by atoms with Crippen molar-refractivity contribution in [3.63, 3.8) is 0 Å². The van der Waals surface area contributed by atoms with Gasteiger partial charge in [0.05, 0.1) is 17.2 Å². The largest absolute Gasteiger partial charge is 0.454 e. The number of furan rings is 1. The summed E-state index contributed by atoms with van der Waals surface area (Å²) in [6.45, 7) is 0. The van der Waals surface area contributed by atoms with E-state index in [9.17, 15) is 0 Å². The number of rotatable bonds is 5. The Bertz CT molecular complexity index is 2820. The molecular weight excluding hydrogens is 599 g/mol. The van der Waals surface area contributed by atoms with E-state index in [0.29, 0.717) is 0 Å². The molecule has 4 nitrogen and oxygen atoms in total. The Morgan fingerprint density at radius 3 is 1.94 bits per heavy atom. The van der Waals surface area contributed by atoms with E-state index in [1.807, 2.05) is 12.4 Å². The maximum absolute atomic E-state index is 6.74. The highest BCUT2D eigenvalue weighted by Gasteiger charge is 2.22. The zero-order valence-corrected chi connectivity index (χ0v) is 26.5. The summed E-state index contributed by atoms with van der Waals surface area (Å²) in [6.07, 6.45) is 3.85. The van der Waals surface area contributed by atoms with Crippen LogP contribution in [0.15, 0.2) is 181 Å². The van der Waals surface area contributed by atoms with Crippen molar-refractivity contribution in [3.8, 4) is 16.8 Å². The lowest BCUT2D eigenvalue weighted by molar-refractivity contribution is 0.669. The van der Waals surface area contributed by atoms with E-state index in [1.54, 1.807) is 0 Å². The summed E-state index contributed by atoms with van der Waals surface area (Å²) in [7, 11) is 0. The van der Waals surface area contributed by atoms with E-state index in [0.717, 1.165) is 61.2 Å². The van der Waals surface area contributed by atoms with Gasteiger partial charge >= 0.3 is 0 Å². The Labute approximate surface area is 282 Å². The average Bonchev–Trinajstić information content (AvgIpc) is 3.70. The fourth-order valence-electron chi connectivity index (χ4n) is 7.34. The number of para-hydroxylation sites is 2. The number of nitrogens with zero attached hydrogens (tertiary/aromatic N) is 3. The molecule has 3 aromatic heterocycles. The maximum Gasteiger partial charge on any atom is 0.162 e. The third-order valence-corrected chi connectivity index (χ3v) is 9.63. The summed E-state index contributed by atoms with van der Waals surface area (Å²) >= 11 is 0. The number of pyridine rings is 1. The molecule has 7 aromatic carbocycles. The van der Waals surface area contributed by atoms with E-state index in [1.165, 1.54) is 27.2 Å². The normalized spacial score (nSPS) is 11.7. The molecule has 4 heteroatoms. The van der Waals surface area contributed by atoms with Gasteiger partial charge in [0, 0.05) is 44.8 Å². The molecular formula is C45H29N3O. The van der Waals surface area contributed by atoms with Crippen LogP contribution in [0.1, 0.15) is 0 Å². The standard InChI is InChI=1S/C45H29N3O/c1-3-11-30(12-4-1)31-19-21-35(22-20-31)47(43-29-46-28-40-39-25-32-13-7-8-14-33(32)26-44(39)49-45(40)43)36-23-24-42-38(27-36)37-17-9-10-18-41(37)48(42)34-15-5-2-6-16-34/h1-29H. The predicted molar refractivity (Wildman–Crippen MR) is 203 cm³/mol. The molecule has 0 fully saturated rings. The van der Waals surface area contributed by atoms with Gasteiger partial charge in [0.15, 0.2) is 5.58 Å². The van der Waals surface area contributed by atoms with Gasteiger partial charge < -0.3 is 13.9 Å². The minimum Gasteiger partial charge on any atom is -0.454 e. The highest BCUT2D eigenvalue weighted by molar-refractivity contribution is 6.14. The summed E-state index contributed by atoms with van der Waals surface area (Å²) < 4.78 is 9.09. The Kier molecular flexibility index (Phi) is 6.15. The van der Waals surface area contributed by atoms with Crippen LogP contribution in [0.2, 0.25) is 0 Å². The van der Waals surface area contributed by atoms with Gasteiger partial charge in [0.25, 0.3) is 0 Å². The molecule has 0 aliphatic heterocycles. The van der Waals surface area contributed by atoms with Crippen LogP contribution in [0.25, 0.3) is 71.3 Å². The van der Waals surface area contributed by atoms with E-state index < -0.39 is 0 Å². The highest BCUT2D eigenvalue weighted by atomic mass is 16.3. The number of hydrogen-bond acceptors (Lipinski definition) is 3. The smallest absolute Gasteiger partial charge is 0.162 e. The minimum atomic E-state index is 0.805. The third-order valence-electron chi connectivity index (χ3n) is 9.63. The molecule has 0 unspecified atom stereocenters. The molecule has 0 bridgehead atoms. The van der Waals surface area contributed by atoms with Crippen LogP contribution in [0, 0.1) is 0 Å². The molecule has 0 amide bonds. The van der Waals surface area contributed by atoms with Crippen molar-refractivity contribution in [2.45, 2.75) is 0 Å². The first-order valence-electron chi connectivity index (χ1n) is 16.5. The Hall–Kier alpha value is -6.65. The SMILES string of the molecule is c1ccc(-c2ccc(N(c3ccc4c(c3)c3ccccc3n4-c3ccccc3)c3cncc4c3oc3cc5ccccc5cc34)cc2)cc1. The summed E-state index contributed by atoms with van der Waals surface area (Å²) in [6, 6.07) is 58.0. The molecule has 0 saturated heterocycles. The van der Waals surface area contributed by atoms with Gasteiger partial charge in [0.1, 0.15) is 11.3 Å². The number of hydrogen-bond donors (Lipinski definition) is 0. The molecule has 0 aliphatic rings. The molecule has 10 rings (SSSR count). The quantitative estimate of drug-likeness (QED) is 0.190. The van der Waals surface area contributed by atoms with Gasteiger partial charge in [-0.1, -0.05) is 103 Å². The summed E-state index contributed by atoms with van der Waals surface area (Å²) in [4.78, 5) is 7.08. The lowest BCUT2D eigenvalue weighted by Gasteiger charge is -2.25. The van der Waals surface area contributed by atoms with E-state index in [4.69, 9.17) is 9.40 Å². The molecule has 0 saturated carbocycles. The van der Waals surface area contributed by atoms with E-state index in [-0.39, 0.29) is 0 Å². The van der Waals surface area contributed by atoms with Gasteiger partial charge in [0.2, 0.25) is 0 Å². The van der Waals surface area contributed by atoms with Crippen molar-refractivity contribution in [2.24, 2.45) is 0 Å². The first-order valence-corrected chi connectivity index (χ1v) is 16.5. The summed E-state index contributed by atoms with van der Waals surface area (Å²) in [5.74, 6) is 0. The molecule has 3 heterocycles. The molecule has 230 valence electrons. The van der Waals surface area contributed by atoms with Crippen molar-refractivity contribution in [3.05, 3.63) is 176 Å².